The summed E-state index contributed by atoms with van der Waals surface area (Å²) in [5.41, 5.74) is 12.3. The van der Waals surface area contributed by atoms with Crippen molar-refractivity contribution in [1.29, 1.82) is 0 Å². The van der Waals surface area contributed by atoms with Crippen molar-refractivity contribution in [2.75, 3.05) is 4.90 Å². The van der Waals surface area contributed by atoms with E-state index in [1.807, 2.05) is 0 Å². The van der Waals surface area contributed by atoms with Gasteiger partial charge in [-0.3, -0.25) is 0 Å². The fraction of sp³-hybridized carbons (Fsp3) is 0.385. The van der Waals surface area contributed by atoms with Crippen LogP contribution in [-0.2, 0) is 6.42 Å². The molecule has 1 aliphatic heterocycles. The Bertz CT molecular complexity index is 881. The molecule has 0 bridgehead atoms. The number of rotatable bonds is 3. The van der Waals surface area contributed by atoms with Crippen molar-refractivity contribution < 1.29 is 0 Å². The third-order valence-corrected chi connectivity index (χ3v) is 5.77. The minimum Gasteiger partial charge on any atom is -0.403 e. The lowest BCUT2D eigenvalue weighted by molar-refractivity contribution is 0.379. The monoisotopic (exact) mass is 389 g/mol. The molecule has 1 heterocycles. The van der Waals surface area contributed by atoms with E-state index < -0.39 is 0 Å². The lowest BCUT2D eigenvalue weighted by Crippen LogP contribution is -2.34. The molecule has 0 fully saturated rings. The van der Waals surface area contributed by atoms with Gasteiger partial charge in [0.05, 0.1) is 5.70 Å². The summed E-state index contributed by atoms with van der Waals surface area (Å²) >= 11 is 0. The summed E-state index contributed by atoms with van der Waals surface area (Å²) in [5, 5.41) is 3.51. The summed E-state index contributed by atoms with van der Waals surface area (Å²) in [6, 6.07) is 6.86. The second-order valence-corrected chi connectivity index (χ2v) is 8.74. The minimum atomic E-state index is 0.268. The predicted octanol–water partition coefficient (Wildman–Crippen LogP) is 5.74. The van der Waals surface area contributed by atoms with Gasteiger partial charge in [-0.15, -0.1) is 0 Å². The largest absolute Gasteiger partial charge is 0.403 e. The van der Waals surface area contributed by atoms with Gasteiger partial charge in [-0.25, -0.2) is 0 Å². The van der Waals surface area contributed by atoms with Crippen molar-refractivity contribution in [3.8, 4) is 0 Å². The number of nitrogens with one attached hydrogen (secondary N) is 1. The van der Waals surface area contributed by atoms with Gasteiger partial charge in [-0.1, -0.05) is 63.8 Å². The van der Waals surface area contributed by atoms with Crippen LogP contribution in [0.2, 0.25) is 0 Å². The van der Waals surface area contributed by atoms with Crippen molar-refractivity contribution in [1.82, 2.24) is 5.32 Å². The molecule has 0 saturated heterocycles. The fourth-order valence-corrected chi connectivity index (χ4v) is 4.29. The van der Waals surface area contributed by atoms with Gasteiger partial charge in [0.25, 0.3) is 0 Å². The number of nitrogens with zero attached hydrogens (tertiary/aromatic N) is 1. The fourth-order valence-electron chi connectivity index (χ4n) is 4.29. The number of allylic oxidation sites excluding steroid dienone is 5. The minimum absolute atomic E-state index is 0.268. The maximum atomic E-state index is 4.92. The Morgan fingerprint density at radius 1 is 1.24 bits per heavy atom. The van der Waals surface area contributed by atoms with Gasteiger partial charge < -0.3 is 16.0 Å². The molecule has 0 spiro atoms. The van der Waals surface area contributed by atoms with Crippen molar-refractivity contribution in [3.63, 3.8) is 0 Å². The van der Waals surface area contributed by atoms with E-state index in [1.54, 1.807) is 6.92 Å². The van der Waals surface area contributed by atoms with Gasteiger partial charge in [0.2, 0.25) is 0 Å². The first-order valence-electron chi connectivity index (χ1n) is 10.6. The molecule has 3 nitrogen and oxygen atoms in total. The van der Waals surface area contributed by atoms with E-state index in [4.69, 9.17) is 5.73 Å². The molecule has 3 N–H and O–H groups in total. The van der Waals surface area contributed by atoms with E-state index in [2.05, 4.69) is 99.3 Å². The number of hydrogen-bond donors (Lipinski definition) is 2. The molecule has 3 atom stereocenters. The first kappa shape index (κ1) is 21.0. The van der Waals surface area contributed by atoms with Crippen molar-refractivity contribution in [3.05, 3.63) is 83.4 Å². The zero-order chi connectivity index (χ0) is 21.1. The first-order valence-corrected chi connectivity index (χ1v) is 10.6. The van der Waals surface area contributed by atoms with Gasteiger partial charge in [0.1, 0.15) is 6.17 Å². The Kier molecular flexibility index (Phi) is 6.36. The maximum Gasteiger partial charge on any atom is 0.101 e. The highest BCUT2D eigenvalue weighted by molar-refractivity contribution is 5.69. The molecule has 0 aromatic heterocycles. The molecule has 3 heteroatoms. The van der Waals surface area contributed by atoms with E-state index in [-0.39, 0.29) is 6.17 Å². The molecule has 4 rings (SSSR count). The maximum absolute atomic E-state index is 4.92. The number of hydrogen-bond acceptors (Lipinski definition) is 3. The van der Waals surface area contributed by atoms with Crippen LogP contribution in [0.5, 0.6) is 0 Å². The molecular weight excluding hydrogens is 354 g/mol. The highest BCUT2D eigenvalue weighted by Crippen LogP contribution is 2.37. The Morgan fingerprint density at radius 3 is 2.66 bits per heavy atom. The standard InChI is InChI=1S/C23H28N2.C3H7N/c1-15(2)22-13-20(9-8-16(22)3)23-14-24-17(4)25(23)21-11-10-18-6-5-7-19(18)12-21;1-3(2)4/h5,7-17,22,24H,6H2,1-4H3;1,4H2,2H3. The topological polar surface area (TPSA) is 41.3 Å². The third-order valence-electron chi connectivity index (χ3n) is 5.77. The van der Waals surface area contributed by atoms with Crippen LogP contribution < -0.4 is 16.0 Å². The highest BCUT2D eigenvalue weighted by Gasteiger charge is 2.29. The van der Waals surface area contributed by atoms with Crippen LogP contribution in [0.1, 0.15) is 45.7 Å². The molecule has 3 aliphatic rings. The summed E-state index contributed by atoms with van der Waals surface area (Å²) in [6.45, 7) is 14.3. The van der Waals surface area contributed by atoms with Crippen molar-refractivity contribution in [2.24, 2.45) is 23.5 Å². The summed E-state index contributed by atoms with van der Waals surface area (Å²) in [7, 11) is 0. The zero-order valence-electron chi connectivity index (χ0n) is 18.4. The van der Waals surface area contributed by atoms with Crippen LogP contribution in [-0.4, -0.2) is 6.17 Å². The molecule has 2 aliphatic carbocycles. The van der Waals surface area contributed by atoms with Crippen LogP contribution >= 0.6 is 0 Å². The second-order valence-electron chi connectivity index (χ2n) is 8.74. The molecule has 0 radical (unpaired) electrons. The molecule has 3 unspecified atom stereocenters. The van der Waals surface area contributed by atoms with Gasteiger partial charge in [0.15, 0.2) is 0 Å². The average molecular weight is 390 g/mol. The molecular formula is C26H35N3. The molecule has 1 aromatic rings. The van der Waals surface area contributed by atoms with Gasteiger partial charge in [-0.05, 0) is 72.6 Å². The predicted molar refractivity (Wildman–Crippen MR) is 126 cm³/mol. The summed E-state index contributed by atoms with van der Waals surface area (Å²) in [6.07, 6.45) is 15.1. The van der Waals surface area contributed by atoms with Gasteiger partial charge in [-0.2, -0.15) is 0 Å². The lowest BCUT2D eigenvalue weighted by atomic mass is 9.79. The molecule has 29 heavy (non-hydrogen) atoms. The zero-order valence-corrected chi connectivity index (χ0v) is 18.4. The van der Waals surface area contributed by atoms with Crippen LogP contribution in [0.4, 0.5) is 5.69 Å². The number of benzene rings is 1. The van der Waals surface area contributed by atoms with Gasteiger partial charge >= 0.3 is 0 Å². The lowest BCUT2D eigenvalue weighted by Gasteiger charge is -2.31. The number of anilines is 1. The number of fused-ring (bicyclic) bond motifs is 1. The summed E-state index contributed by atoms with van der Waals surface area (Å²) in [5.74, 6) is 1.86. The van der Waals surface area contributed by atoms with Crippen LogP contribution in [0.3, 0.4) is 0 Å². The second kappa shape index (κ2) is 8.77. The van der Waals surface area contributed by atoms with Crippen LogP contribution in [0, 0.1) is 17.8 Å². The molecule has 154 valence electrons. The van der Waals surface area contributed by atoms with E-state index in [0.29, 0.717) is 23.5 Å². The Balaban J connectivity index is 0.000000552. The van der Waals surface area contributed by atoms with E-state index in [0.717, 1.165) is 6.42 Å². The van der Waals surface area contributed by atoms with Crippen LogP contribution in [0.15, 0.2) is 72.2 Å². The van der Waals surface area contributed by atoms with E-state index >= 15 is 0 Å². The Hall–Kier alpha value is -2.68. The first-order chi connectivity index (χ1) is 13.8. The third kappa shape index (κ3) is 4.67. The highest BCUT2D eigenvalue weighted by atomic mass is 15.3. The Morgan fingerprint density at radius 2 is 1.97 bits per heavy atom. The average Bonchev–Trinajstić information content (AvgIpc) is 3.27. The van der Waals surface area contributed by atoms with E-state index in [9.17, 15) is 0 Å². The Labute approximate surface area is 176 Å². The van der Waals surface area contributed by atoms with Crippen LogP contribution in [0.25, 0.3) is 6.08 Å². The number of nitrogens with two attached hydrogens (primary N) is 1. The molecule has 0 saturated carbocycles. The summed E-state index contributed by atoms with van der Waals surface area (Å²) in [4.78, 5) is 2.43. The smallest absolute Gasteiger partial charge is 0.101 e. The van der Waals surface area contributed by atoms with Gasteiger partial charge in [0, 0.05) is 11.9 Å². The molecule has 1 aromatic carbocycles. The normalized spacial score (nSPS) is 24.5. The SMILES string of the molecule is C=C(C)N.CC(C)C1C=C(C2=CNC(C)N2c2ccc3c(c2)C=CC3)C=CC1C. The van der Waals surface area contributed by atoms with Crippen molar-refractivity contribution in [2.45, 2.75) is 47.2 Å². The van der Waals surface area contributed by atoms with Crippen molar-refractivity contribution >= 4 is 11.8 Å². The summed E-state index contributed by atoms with van der Waals surface area (Å²) < 4.78 is 0. The quantitative estimate of drug-likeness (QED) is 0.693. The van der Waals surface area contributed by atoms with E-state index in [1.165, 1.54) is 28.1 Å². The molecule has 0 amide bonds.